The Hall–Kier alpha value is 0.270. The lowest BCUT2D eigenvalue weighted by Crippen LogP contribution is -2.35. The molecule has 0 spiro atoms. The van der Waals surface area contributed by atoms with E-state index < -0.39 is 0 Å². The lowest BCUT2D eigenvalue weighted by atomic mass is 10.0. The fourth-order valence-electron chi connectivity index (χ4n) is 1.78. The van der Waals surface area contributed by atoms with Crippen molar-refractivity contribution in [3.05, 3.63) is 0 Å². The molecular formula is C10H22N2S. The van der Waals surface area contributed by atoms with Gasteiger partial charge in [0.2, 0.25) is 0 Å². The van der Waals surface area contributed by atoms with Crippen molar-refractivity contribution >= 4 is 12.6 Å². The van der Waals surface area contributed by atoms with Crippen molar-refractivity contribution < 1.29 is 0 Å². The Labute approximate surface area is 87.3 Å². The molecule has 1 aliphatic heterocycles. The van der Waals surface area contributed by atoms with E-state index in [-0.39, 0.29) is 0 Å². The van der Waals surface area contributed by atoms with Gasteiger partial charge >= 0.3 is 0 Å². The molecule has 1 heterocycles. The van der Waals surface area contributed by atoms with Crippen LogP contribution < -0.4 is 10.6 Å². The Bertz CT molecular complexity index is 111. The molecule has 0 aromatic heterocycles. The lowest BCUT2D eigenvalue weighted by molar-refractivity contribution is 0.400. The van der Waals surface area contributed by atoms with Gasteiger partial charge in [0.05, 0.1) is 0 Å². The number of hydrogen-bond acceptors (Lipinski definition) is 3. The minimum Gasteiger partial charge on any atom is -0.317 e. The standard InChI is InChI=1S/C10H22N2S/c13-9-3-7-12-10-4-1-2-6-11-8-5-10/h10-13H,1-9H2. The molecule has 0 aromatic carbocycles. The molecule has 1 saturated heterocycles. The van der Waals surface area contributed by atoms with Gasteiger partial charge in [0.25, 0.3) is 0 Å². The maximum atomic E-state index is 4.20. The Morgan fingerprint density at radius 3 is 3.00 bits per heavy atom. The third-order valence-corrected chi connectivity index (χ3v) is 2.91. The summed E-state index contributed by atoms with van der Waals surface area (Å²) in [5, 5.41) is 7.05. The summed E-state index contributed by atoms with van der Waals surface area (Å²) in [6, 6.07) is 0.743. The van der Waals surface area contributed by atoms with Crippen LogP contribution in [-0.4, -0.2) is 31.4 Å². The molecule has 1 unspecified atom stereocenters. The molecule has 1 atom stereocenters. The summed E-state index contributed by atoms with van der Waals surface area (Å²) in [6.45, 7) is 3.52. The fourth-order valence-corrected chi connectivity index (χ4v) is 1.93. The van der Waals surface area contributed by atoms with Gasteiger partial charge in [-0.3, -0.25) is 0 Å². The molecule has 1 aliphatic rings. The van der Waals surface area contributed by atoms with Crippen LogP contribution in [0.2, 0.25) is 0 Å². The topological polar surface area (TPSA) is 24.1 Å². The first-order chi connectivity index (χ1) is 6.43. The van der Waals surface area contributed by atoms with Gasteiger partial charge in [-0.15, -0.1) is 0 Å². The second-order valence-corrected chi connectivity index (χ2v) is 4.21. The van der Waals surface area contributed by atoms with Crippen molar-refractivity contribution in [2.24, 2.45) is 0 Å². The Kier molecular flexibility index (Phi) is 6.68. The zero-order valence-corrected chi connectivity index (χ0v) is 9.28. The normalized spacial score (nSPS) is 25.2. The predicted octanol–water partition coefficient (Wildman–Crippen LogP) is 1.43. The summed E-state index contributed by atoms with van der Waals surface area (Å²) in [5.41, 5.74) is 0. The van der Waals surface area contributed by atoms with Crippen molar-refractivity contribution in [2.75, 3.05) is 25.4 Å². The van der Waals surface area contributed by atoms with E-state index >= 15 is 0 Å². The van der Waals surface area contributed by atoms with Crippen LogP contribution in [0.3, 0.4) is 0 Å². The van der Waals surface area contributed by atoms with Crippen LogP contribution in [0.5, 0.6) is 0 Å². The smallest absolute Gasteiger partial charge is 0.00791 e. The highest BCUT2D eigenvalue weighted by Gasteiger charge is 2.08. The molecule has 0 aliphatic carbocycles. The zero-order chi connectivity index (χ0) is 9.36. The van der Waals surface area contributed by atoms with Gasteiger partial charge in [0.15, 0.2) is 0 Å². The predicted molar refractivity (Wildman–Crippen MR) is 61.6 cm³/mol. The molecule has 2 nitrogen and oxygen atoms in total. The third kappa shape index (κ3) is 5.55. The molecule has 0 bridgehead atoms. The highest BCUT2D eigenvalue weighted by molar-refractivity contribution is 7.80. The fraction of sp³-hybridized carbons (Fsp3) is 1.00. The molecular weight excluding hydrogens is 180 g/mol. The third-order valence-electron chi connectivity index (χ3n) is 2.59. The van der Waals surface area contributed by atoms with Crippen molar-refractivity contribution in [1.82, 2.24) is 10.6 Å². The average molecular weight is 202 g/mol. The van der Waals surface area contributed by atoms with Crippen LogP contribution >= 0.6 is 12.6 Å². The summed E-state index contributed by atoms with van der Waals surface area (Å²) >= 11 is 4.20. The van der Waals surface area contributed by atoms with Crippen molar-refractivity contribution in [2.45, 2.75) is 38.1 Å². The van der Waals surface area contributed by atoms with E-state index in [0.717, 1.165) is 18.3 Å². The Balaban J connectivity index is 2.06. The largest absolute Gasteiger partial charge is 0.317 e. The van der Waals surface area contributed by atoms with Gasteiger partial charge in [0, 0.05) is 6.04 Å². The van der Waals surface area contributed by atoms with Crippen LogP contribution in [-0.2, 0) is 0 Å². The van der Waals surface area contributed by atoms with E-state index in [4.69, 9.17) is 0 Å². The van der Waals surface area contributed by atoms with Crippen LogP contribution in [0.4, 0.5) is 0 Å². The van der Waals surface area contributed by atoms with Crippen molar-refractivity contribution in [3.8, 4) is 0 Å². The molecule has 2 N–H and O–H groups in total. The molecule has 13 heavy (non-hydrogen) atoms. The number of hydrogen-bond donors (Lipinski definition) is 3. The van der Waals surface area contributed by atoms with Crippen LogP contribution in [0.25, 0.3) is 0 Å². The highest BCUT2D eigenvalue weighted by Crippen LogP contribution is 2.06. The van der Waals surface area contributed by atoms with E-state index in [0.29, 0.717) is 0 Å². The maximum absolute atomic E-state index is 4.20. The first-order valence-corrected chi connectivity index (χ1v) is 6.11. The Morgan fingerprint density at radius 2 is 2.15 bits per heavy atom. The summed E-state index contributed by atoms with van der Waals surface area (Å²) in [5.74, 6) is 0.998. The summed E-state index contributed by atoms with van der Waals surface area (Å²) in [6.07, 6.45) is 6.53. The monoisotopic (exact) mass is 202 g/mol. The first-order valence-electron chi connectivity index (χ1n) is 5.48. The van der Waals surface area contributed by atoms with Crippen molar-refractivity contribution in [3.63, 3.8) is 0 Å². The minimum absolute atomic E-state index is 0.743. The quantitative estimate of drug-likeness (QED) is 0.474. The van der Waals surface area contributed by atoms with Crippen LogP contribution in [0, 0.1) is 0 Å². The van der Waals surface area contributed by atoms with E-state index in [1.807, 2.05) is 0 Å². The minimum atomic E-state index is 0.743. The molecule has 0 saturated carbocycles. The number of rotatable bonds is 4. The van der Waals surface area contributed by atoms with Gasteiger partial charge in [-0.2, -0.15) is 12.6 Å². The molecule has 1 fully saturated rings. The van der Waals surface area contributed by atoms with Crippen LogP contribution in [0.1, 0.15) is 32.1 Å². The zero-order valence-electron chi connectivity index (χ0n) is 8.39. The second-order valence-electron chi connectivity index (χ2n) is 3.76. The summed E-state index contributed by atoms with van der Waals surface area (Å²) < 4.78 is 0. The molecule has 0 radical (unpaired) electrons. The Morgan fingerprint density at radius 1 is 1.23 bits per heavy atom. The molecule has 78 valence electrons. The first kappa shape index (κ1) is 11.3. The average Bonchev–Trinajstić information content (AvgIpc) is 2.08. The SMILES string of the molecule is SCCCNC1CCCCNCC1. The summed E-state index contributed by atoms with van der Waals surface area (Å²) in [7, 11) is 0. The highest BCUT2D eigenvalue weighted by atomic mass is 32.1. The molecule has 1 rings (SSSR count). The molecule has 0 aromatic rings. The summed E-state index contributed by atoms with van der Waals surface area (Å²) in [4.78, 5) is 0. The molecule has 0 amide bonds. The number of thiol groups is 1. The van der Waals surface area contributed by atoms with E-state index in [1.54, 1.807) is 0 Å². The lowest BCUT2D eigenvalue weighted by Gasteiger charge is -2.21. The van der Waals surface area contributed by atoms with E-state index in [9.17, 15) is 0 Å². The van der Waals surface area contributed by atoms with Gasteiger partial charge in [-0.1, -0.05) is 6.42 Å². The maximum Gasteiger partial charge on any atom is 0.00791 e. The van der Waals surface area contributed by atoms with Gasteiger partial charge in [0.1, 0.15) is 0 Å². The van der Waals surface area contributed by atoms with Gasteiger partial charge in [-0.05, 0) is 51.1 Å². The second kappa shape index (κ2) is 7.65. The van der Waals surface area contributed by atoms with Crippen molar-refractivity contribution in [1.29, 1.82) is 0 Å². The van der Waals surface area contributed by atoms with Gasteiger partial charge < -0.3 is 10.6 Å². The van der Waals surface area contributed by atoms with E-state index in [1.165, 1.54) is 45.2 Å². The van der Waals surface area contributed by atoms with Gasteiger partial charge in [-0.25, -0.2) is 0 Å². The van der Waals surface area contributed by atoms with Crippen LogP contribution in [0.15, 0.2) is 0 Å². The van der Waals surface area contributed by atoms with E-state index in [2.05, 4.69) is 23.3 Å². The number of nitrogens with one attached hydrogen (secondary N) is 2. The molecule has 3 heteroatoms.